The molecule has 0 aliphatic heterocycles. The van der Waals surface area contributed by atoms with Gasteiger partial charge in [-0.05, 0) is 47.0 Å². The Morgan fingerprint density at radius 1 is 1.11 bits per heavy atom. The van der Waals surface area contributed by atoms with Crippen LogP contribution in [0.15, 0.2) is 76.2 Å². The normalized spacial score (nSPS) is 11.4. The predicted octanol–water partition coefficient (Wildman–Crippen LogP) is 2.16. The Labute approximate surface area is 156 Å². The van der Waals surface area contributed by atoms with Crippen LogP contribution in [0.25, 0.3) is 11.3 Å². The van der Waals surface area contributed by atoms with E-state index in [9.17, 15) is 13.2 Å². The molecule has 3 N–H and O–H groups in total. The van der Waals surface area contributed by atoms with Gasteiger partial charge in [0.05, 0.1) is 18.3 Å². The number of benzene rings is 2. The lowest BCUT2D eigenvalue weighted by molar-refractivity contribution is 0.0879. The molecule has 2 aromatic carbocycles. The maximum Gasteiger partial charge on any atom is 0.273 e. The second kappa shape index (κ2) is 7.62. The summed E-state index contributed by atoms with van der Waals surface area (Å²) in [6, 6.07) is 15.7. The number of ether oxygens (including phenoxy) is 1. The summed E-state index contributed by atoms with van der Waals surface area (Å²) >= 11 is 0. The first-order valence-corrected chi connectivity index (χ1v) is 9.25. The van der Waals surface area contributed by atoms with Crippen molar-refractivity contribution in [3.05, 3.63) is 72.5 Å². The number of nitrogens with two attached hydrogens (primary N) is 1. The number of nitrogens with zero attached hydrogens (tertiary/aromatic N) is 1. The number of methoxy groups -OCH3 is 1. The Kier molecular flexibility index (Phi) is 5.26. The smallest absolute Gasteiger partial charge is 0.273 e. The van der Waals surface area contributed by atoms with Crippen molar-refractivity contribution in [2.24, 2.45) is 5.84 Å². The predicted molar refractivity (Wildman–Crippen MR) is 97.8 cm³/mol. The molecule has 8 nitrogen and oxygen atoms in total. The third-order valence-corrected chi connectivity index (χ3v) is 5.20. The third-order valence-electron chi connectivity index (χ3n) is 3.72. The minimum atomic E-state index is -4.08. The number of hydrazine groups is 2. The van der Waals surface area contributed by atoms with Crippen LogP contribution in [0.2, 0.25) is 0 Å². The first-order valence-electron chi connectivity index (χ1n) is 7.81. The summed E-state index contributed by atoms with van der Waals surface area (Å²) in [7, 11) is -2.63. The summed E-state index contributed by atoms with van der Waals surface area (Å²) in [6.07, 6.45) is 1.50. The zero-order chi connectivity index (χ0) is 19.4. The fourth-order valence-corrected chi connectivity index (χ4v) is 3.30. The minimum Gasteiger partial charge on any atom is -0.497 e. The van der Waals surface area contributed by atoms with Crippen molar-refractivity contribution in [3.63, 3.8) is 0 Å². The van der Waals surface area contributed by atoms with Gasteiger partial charge in [-0.2, -0.15) is 0 Å². The molecular formula is C18H17N3O5S. The van der Waals surface area contributed by atoms with E-state index < -0.39 is 15.9 Å². The van der Waals surface area contributed by atoms with Crippen LogP contribution in [0, 0.1) is 0 Å². The average Bonchev–Trinajstić information content (AvgIpc) is 3.23. The molecule has 1 heterocycles. The number of carbonyl (C=O) groups excluding carboxylic acids is 1. The number of nitrogens with one attached hydrogen (secondary N) is 1. The van der Waals surface area contributed by atoms with E-state index in [-0.39, 0.29) is 15.0 Å². The first kappa shape index (κ1) is 18.6. The van der Waals surface area contributed by atoms with Crippen LogP contribution in [-0.2, 0) is 10.0 Å². The Morgan fingerprint density at radius 2 is 1.85 bits per heavy atom. The van der Waals surface area contributed by atoms with Crippen LogP contribution in [0.4, 0.5) is 0 Å². The Bertz CT molecular complexity index is 1030. The largest absolute Gasteiger partial charge is 0.497 e. The van der Waals surface area contributed by atoms with Crippen LogP contribution in [0.5, 0.6) is 5.75 Å². The fraction of sp³-hybridized carbons (Fsp3) is 0.0556. The Morgan fingerprint density at radius 3 is 2.48 bits per heavy atom. The third kappa shape index (κ3) is 4.00. The van der Waals surface area contributed by atoms with Gasteiger partial charge in [0.25, 0.3) is 15.9 Å². The molecule has 0 saturated carbocycles. The zero-order valence-corrected chi connectivity index (χ0v) is 15.1. The highest BCUT2D eigenvalue weighted by Gasteiger charge is 2.24. The number of amides is 1. The van der Waals surface area contributed by atoms with Crippen LogP contribution in [0.1, 0.15) is 10.4 Å². The quantitative estimate of drug-likeness (QED) is 0.495. The van der Waals surface area contributed by atoms with Crippen LogP contribution < -0.4 is 16.0 Å². The minimum absolute atomic E-state index is 0.0466. The van der Waals surface area contributed by atoms with Gasteiger partial charge < -0.3 is 9.15 Å². The Hall–Kier alpha value is -3.14. The molecule has 27 heavy (non-hydrogen) atoms. The van der Waals surface area contributed by atoms with Crippen molar-refractivity contribution in [3.8, 4) is 17.1 Å². The molecule has 0 radical (unpaired) electrons. The van der Waals surface area contributed by atoms with Gasteiger partial charge in [-0.3, -0.25) is 10.2 Å². The maximum atomic E-state index is 12.5. The van der Waals surface area contributed by atoms with Gasteiger partial charge in [0.15, 0.2) is 0 Å². The summed E-state index contributed by atoms with van der Waals surface area (Å²) in [4.78, 5) is 12.5. The summed E-state index contributed by atoms with van der Waals surface area (Å²) in [5.74, 6) is 5.81. The molecule has 0 fully saturated rings. The monoisotopic (exact) mass is 387 g/mol. The van der Waals surface area contributed by atoms with Crippen LogP contribution >= 0.6 is 0 Å². The topological polar surface area (TPSA) is 115 Å². The molecule has 0 aliphatic rings. The molecule has 1 aromatic heterocycles. The maximum absolute atomic E-state index is 12.5. The van der Waals surface area contributed by atoms with E-state index >= 15 is 0 Å². The Balaban J connectivity index is 1.87. The van der Waals surface area contributed by atoms with Gasteiger partial charge in [-0.1, -0.05) is 18.2 Å². The van der Waals surface area contributed by atoms with Gasteiger partial charge in [-0.15, -0.1) is 0 Å². The number of hydrogen-bond donors (Lipinski definition) is 2. The lowest BCUT2D eigenvalue weighted by Gasteiger charge is -2.18. The molecule has 0 atom stereocenters. The van der Waals surface area contributed by atoms with E-state index in [1.54, 1.807) is 42.5 Å². The number of rotatable bonds is 6. The lowest BCUT2D eigenvalue weighted by Crippen LogP contribution is -2.50. The van der Waals surface area contributed by atoms with Gasteiger partial charge in [0.1, 0.15) is 11.5 Å². The summed E-state index contributed by atoms with van der Waals surface area (Å²) in [5.41, 5.74) is 2.91. The number of furan rings is 1. The number of hydrogen-bond acceptors (Lipinski definition) is 6. The molecule has 0 saturated heterocycles. The second-order valence-electron chi connectivity index (χ2n) is 5.48. The van der Waals surface area contributed by atoms with Crippen LogP contribution in [0.3, 0.4) is 0 Å². The first-order chi connectivity index (χ1) is 12.9. The molecule has 1 amide bonds. The highest BCUT2D eigenvalue weighted by atomic mass is 32.2. The summed E-state index contributed by atoms with van der Waals surface area (Å²) in [5, 5.41) is 0. The number of carbonyl (C=O) groups is 1. The molecule has 3 rings (SSSR count). The van der Waals surface area contributed by atoms with E-state index in [2.05, 4.69) is 5.43 Å². The SMILES string of the molecule is COc1cc(C(=O)NN(N)S(=O)(=O)c2ccccc2)cc(-c2ccco2)c1. The van der Waals surface area contributed by atoms with Crippen molar-refractivity contribution in [1.29, 1.82) is 0 Å². The van der Waals surface area contributed by atoms with E-state index in [1.807, 2.05) is 0 Å². The molecular weight excluding hydrogens is 370 g/mol. The number of sulfonamides is 1. The van der Waals surface area contributed by atoms with Gasteiger partial charge in [0, 0.05) is 11.1 Å². The van der Waals surface area contributed by atoms with Gasteiger partial charge >= 0.3 is 0 Å². The van der Waals surface area contributed by atoms with Crippen molar-refractivity contribution in [2.45, 2.75) is 4.90 Å². The molecule has 140 valence electrons. The van der Waals surface area contributed by atoms with Gasteiger partial charge in [-0.25, -0.2) is 14.3 Å². The van der Waals surface area contributed by atoms with E-state index in [0.717, 1.165) is 0 Å². The summed E-state index contributed by atoms with van der Waals surface area (Å²) < 4.78 is 35.7. The average molecular weight is 387 g/mol. The molecule has 9 heteroatoms. The van der Waals surface area contributed by atoms with Crippen molar-refractivity contribution >= 4 is 15.9 Å². The molecule has 0 aliphatic carbocycles. The molecule has 0 unspecified atom stereocenters. The highest BCUT2D eigenvalue weighted by molar-refractivity contribution is 7.89. The molecule has 0 bridgehead atoms. The second-order valence-corrected chi connectivity index (χ2v) is 7.30. The lowest BCUT2D eigenvalue weighted by atomic mass is 10.1. The highest BCUT2D eigenvalue weighted by Crippen LogP contribution is 2.26. The van der Waals surface area contributed by atoms with E-state index in [1.165, 1.54) is 31.6 Å². The molecule has 0 spiro atoms. The molecule has 3 aromatic rings. The fourth-order valence-electron chi connectivity index (χ4n) is 2.36. The standard InChI is InChI=1S/C18H17N3O5S/c1-25-15-11-13(17-8-5-9-26-17)10-14(12-15)18(22)20-21(19)27(23,24)16-6-3-2-4-7-16/h2-12H,19H2,1H3,(H,20,22). The van der Waals surface area contributed by atoms with Gasteiger partial charge in [0.2, 0.25) is 0 Å². The van der Waals surface area contributed by atoms with E-state index in [0.29, 0.717) is 17.1 Å². The van der Waals surface area contributed by atoms with E-state index in [4.69, 9.17) is 15.0 Å². The van der Waals surface area contributed by atoms with Crippen molar-refractivity contribution < 1.29 is 22.4 Å². The van der Waals surface area contributed by atoms with Crippen molar-refractivity contribution in [2.75, 3.05) is 7.11 Å². The van der Waals surface area contributed by atoms with Crippen LogP contribution in [-0.4, -0.2) is 26.0 Å². The summed E-state index contributed by atoms with van der Waals surface area (Å²) in [6.45, 7) is 0. The van der Waals surface area contributed by atoms with Crippen molar-refractivity contribution in [1.82, 2.24) is 9.95 Å². The zero-order valence-electron chi connectivity index (χ0n) is 14.3.